The maximum atomic E-state index is 13.7. The lowest BCUT2D eigenvalue weighted by Gasteiger charge is -2.33. The van der Waals surface area contributed by atoms with Gasteiger partial charge in [0.15, 0.2) is 0 Å². The van der Waals surface area contributed by atoms with Crippen molar-refractivity contribution in [3.63, 3.8) is 0 Å². The molecular formula is C17H15Cl2FN2O2. The second-order valence-electron chi connectivity index (χ2n) is 5.42. The maximum Gasteiger partial charge on any atom is 0.322 e. The van der Waals surface area contributed by atoms with Crippen molar-refractivity contribution in [1.82, 2.24) is 4.90 Å². The van der Waals surface area contributed by atoms with Crippen LogP contribution in [0.15, 0.2) is 42.5 Å². The number of amides is 2. The first-order valence-electron chi connectivity index (χ1n) is 7.41. The summed E-state index contributed by atoms with van der Waals surface area (Å²) in [6.07, 6.45) is -0.332. The van der Waals surface area contributed by atoms with Crippen LogP contribution in [0.25, 0.3) is 0 Å². The van der Waals surface area contributed by atoms with Gasteiger partial charge in [0.05, 0.1) is 18.8 Å². The van der Waals surface area contributed by atoms with Gasteiger partial charge in [0, 0.05) is 16.6 Å². The minimum Gasteiger partial charge on any atom is -0.370 e. The van der Waals surface area contributed by atoms with Crippen molar-refractivity contribution in [1.29, 1.82) is 0 Å². The monoisotopic (exact) mass is 368 g/mol. The van der Waals surface area contributed by atoms with Crippen LogP contribution in [0.5, 0.6) is 0 Å². The molecule has 1 fully saturated rings. The van der Waals surface area contributed by atoms with E-state index >= 15 is 0 Å². The van der Waals surface area contributed by atoms with Gasteiger partial charge < -0.3 is 15.0 Å². The Balaban J connectivity index is 1.71. The maximum absolute atomic E-state index is 13.7. The molecule has 0 spiro atoms. The van der Waals surface area contributed by atoms with Gasteiger partial charge in [-0.15, -0.1) is 0 Å². The van der Waals surface area contributed by atoms with E-state index in [1.165, 1.54) is 12.1 Å². The van der Waals surface area contributed by atoms with E-state index in [0.717, 1.165) is 5.56 Å². The summed E-state index contributed by atoms with van der Waals surface area (Å²) in [7, 11) is 0. The standard InChI is InChI=1S/C17H15Cl2FN2O2/c18-12-7-11(8-13(19)9-12)16-10-22(5-6-24-16)17(23)21-15-4-2-1-3-14(15)20/h1-4,7-9,16H,5-6,10H2,(H,21,23). The number of hydrogen-bond donors (Lipinski definition) is 1. The highest BCUT2D eigenvalue weighted by atomic mass is 35.5. The average molecular weight is 369 g/mol. The molecule has 2 aromatic carbocycles. The zero-order valence-electron chi connectivity index (χ0n) is 12.6. The van der Waals surface area contributed by atoms with Crippen molar-refractivity contribution in [2.75, 3.05) is 25.0 Å². The van der Waals surface area contributed by atoms with E-state index < -0.39 is 5.82 Å². The van der Waals surface area contributed by atoms with Crippen molar-refractivity contribution >= 4 is 34.9 Å². The number of morpholine rings is 1. The molecule has 0 radical (unpaired) electrons. The first-order chi connectivity index (χ1) is 11.5. The predicted molar refractivity (Wildman–Crippen MR) is 92.1 cm³/mol. The fourth-order valence-corrected chi connectivity index (χ4v) is 3.10. The third kappa shape index (κ3) is 3.98. The van der Waals surface area contributed by atoms with Gasteiger partial charge in [-0.3, -0.25) is 0 Å². The number of carbonyl (C=O) groups is 1. The molecule has 2 amide bonds. The number of nitrogens with zero attached hydrogens (tertiary/aromatic N) is 1. The summed E-state index contributed by atoms with van der Waals surface area (Å²) >= 11 is 12.0. The molecular weight excluding hydrogens is 354 g/mol. The van der Waals surface area contributed by atoms with Crippen molar-refractivity contribution in [3.05, 3.63) is 63.9 Å². The van der Waals surface area contributed by atoms with Gasteiger partial charge in [0.25, 0.3) is 0 Å². The topological polar surface area (TPSA) is 41.6 Å². The van der Waals surface area contributed by atoms with E-state index in [-0.39, 0.29) is 17.8 Å². The van der Waals surface area contributed by atoms with E-state index in [1.54, 1.807) is 35.2 Å². The molecule has 0 bridgehead atoms. The molecule has 1 atom stereocenters. The quantitative estimate of drug-likeness (QED) is 0.831. The van der Waals surface area contributed by atoms with Crippen molar-refractivity contribution in [2.24, 2.45) is 0 Å². The molecule has 126 valence electrons. The number of urea groups is 1. The number of anilines is 1. The number of halogens is 3. The Morgan fingerprint density at radius 3 is 2.62 bits per heavy atom. The van der Waals surface area contributed by atoms with Gasteiger partial charge >= 0.3 is 6.03 Å². The molecule has 24 heavy (non-hydrogen) atoms. The van der Waals surface area contributed by atoms with Crippen LogP contribution in [-0.2, 0) is 4.74 Å². The molecule has 1 heterocycles. The lowest BCUT2D eigenvalue weighted by atomic mass is 10.1. The highest BCUT2D eigenvalue weighted by Crippen LogP contribution is 2.28. The molecule has 2 aromatic rings. The van der Waals surface area contributed by atoms with Gasteiger partial charge in [0.2, 0.25) is 0 Å². The number of nitrogens with one attached hydrogen (secondary N) is 1. The van der Waals surface area contributed by atoms with Gasteiger partial charge in [-0.2, -0.15) is 0 Å². The summed E-state index contributed by atoms with van der Waals surface area (Å²) in [5.41, 5.74) is 0.951. The van der Waals surface area contributed by atoms with Crippen LogP contribution in [0, 0.1) is 5.82 Å². The summed E-state index contributed by atoms with van der Waals surface area (Å²) in [6, 6.07) is 10.8. The number of hydrogen-bond acceptors (Lipinski definition) is 2. The third-order valence-corrected chi connectivity index (χ3v) is 4.16. The molecule has 0 aromatic heterocycles. The van der Waals surface area contributed by atoms with Crippen LogP contribution in [0.2, 0.25) is 10.0 Å². The van der Waals surface area contributed by atoms with Crippen molar-refractivity contribution < 1.29 is 13.9 Å². The Labute approximate surface area is 149 Å². The largest absolute Gasteiger partial charge is 0.370 e. The molecule has 1 saturated heterocycles. The van der Waals surface area contributed by atoms with E-state index in [1.807, 2.05) is 0 Å². The van der Waals surface area contributed by atoms with Crippen LogP contribution in [0.3, 0.4) is 0 Å². The van der Waals surface area contributed by atoms with Crippen LogP contribution in [-0.4, -0.2) is 30.6 Å². The first kappa shape index (κ1) is 17.0. The minimum absolute atomic E-state index is 0.149. The van der Waals surface area contributed by atoms with Gasteiger partial charge in [-0.05, 0) is 35.9 Å². The summed E-state index contributed by atoms with van der Waals surface area (Å²) in [4.78, 5) is 13.9. The molecule has 1 aliphatic heterocycles. The minimum atomic E-state index is -0.475. The van der Waals surface area contributed by atoms with Crippen molar-refractivity contribution in [2.45, 2.75) is 6.10 Å². The fourth-order valence-electron chi connectivity index (χ4n) is 2.55. The van der Waals surface area contributed by atoms with Gasteiger partial charge in [0.1, 0.15) is 11.9 Å². The Bertz CT molecular complexity index is 737. The van der Waals surface area contributed by atoms with Gasteiger partial charge in [-0.1, -0.05) is 35.3 Å². The Hall–Kier alpha value is -1.82. The summed E-state index contributed by atoms with van der Waals surface area (Å²) in [5, 5.41) is 3.60. The summed E-state index contributed by atoms with van der Waals surface area (Å²) < 4.78 is 19.4. The second kappa shape index (κ2) is 7.38. The number of ether oxygens (including phenoxy) is 1. The van der Waals surface area contributed by atoms with Crippen LogP contribution < -0.4 is 5.32 Å². The molecule has 4 nitrogen and oxygen atoms in total. The normalized spacial score (nSPS) is 17.6. The van der Waals surface area contributed by atoms with Gasteiger partial charge in [-0.25, -0.2) is 9.18 Å². The average Bonchev–Trinajstić information content (AvgIpc) is 2.56. The SMILES string of the molecule is O=C(Nc1ccccc1F)N1CCOC(c2cc(Cl)cc(Cl)c2)C1. The van der Waals surface area contributed by atoms with E-state index in [4.69, 9.17) is 27.9 Å². The first-order valence-corrected chi connectivity index (χ1v) is 8.16. The molecule has 1 unspecified atom stereocenters. The Morgan fingerprint density at radius 2 is 1.92 bits per heavy atom. The summed E-state index contributed by atoms with van der Waals surface area (Å²) in [6.45, 7) is 1.13. The zero-order chi connectivity index (χ0) is 17.1. The van der Waals surface area contributed by atoms with Crippen molar-refractivity contribution in [3.8, 4) is 0 Å². The van der Waals surface area contributed by atoms with E-state index in [2.05, 4.69) is 5.32 Å². The third-order valence-electron chi connectivity index (χ3n) is 3.73. The number of rotatable bonds is 2. The number of para-hydroxylation sites is 1. The Morgan fingerprint density at radius 1 is 1.21 bits per heavy atom. The highest BCUT2D eigenvalue weighted by Gasteiger charge is 2.26. The molecule has 0 aliphatic carbocycles. The molecule has 7 heteroatoms. The number of carbonyl (C=O) groups excluding carboxylic acids is 1. The fraction of sp³-hybridized carbons (Fsp3) is 0.235. The Kier molecular flexibility index (Phi) is 5.23. The zero-order valence-corrected chi connectivity index (χ0v) is 14.1. The molecule has 1 aliphatic rings. The van der Waals surface area contributed by atoms with Crippen LogP contribution in [0.1, 0.15) is 11.7 Å². The lowest BCUT2D eigenvalue weighted by molar-refractivity contribution is -0.0135. The van der Waals surface area contributed by atoms with Crippen LogP contribution in [0.4, 0.5) is 14.9 Å². The molecule has 0 saturated carbocycles. The highest BCUT2D eigenvalue weighted by molar-refractivity contribution is 6.34. The van der Waals surface area contributed by atoms with E-state index in [0.29, 0.717) is 29.7 Å². The predicted octanol–water partition coefficient (Wildman–Crippen LogP) is 4.74. The lowest BCUT2D eigenvalue weighted by Crippen LogP contribution is -2.44. The molecule has 3 rings (SSSR count). The summed E-state index contributed by atoms with van der Waals surface area (Å²) in [5.74, 6) is -0.475. The molecule has 1 N–H and O–H groups in total. The smallest absolute Gasteiger partial charge is 0.322 e. The number of benzene rings is 2. The van der Waals surface area contributed by atoms with Crippen LogP contribution >= 0.6 is 23.2 Å². The second-order valence-corrected chi connectivity index (χ2v) is 6.29. The van der Waals surface area contributed by atoms with E-state index in [9.17, 15) is 9.18 Å².